The van der Waals surface area contributed by atoms with E-state index in [9.17, 15) is 4.79 Å². The van der Waals surface area contributed by atoms with Crippen LogP contribution in [0.25, 0.3) is 22.3 Å². The van der Waals surface area contributed by atoms with Crippen molar-refractivity contribution in [1.29, 1.82) is 0 Å². The zero-order valence-electron chi connectivity index (χ0n) is 16.0. The molecule has 1 amide bonds. The predicted molar refractivity (Wildman–Crippen MR) is 108 cm³/mol. The number of pyridine rings is 1. The third-order valence-corrected chi connectivity index (χ3v) is 4.85. The van der Waals surface area contributed by atoms with Crippen molar-refractivity contribution in [3.05, 3.63) is 72.3 Å². The van der Waals surface area contributed by atoms with Crippen LogP contribution in [-0.2, 0) is 6.54 Å². The van der Waals surface area contributed by atoms with E-state index in [-0.39, 0.29) is 5.91 Å². The van der Waals surface area contributed by atoms with E-state index in [4.69, 9.17) is 9.40 Å². The molecule has 0 N–H and O–H groups in total. The van der Waals surface area contributed by atoms with Crippen molar-refractivity contribution >= 4 is 16.9 Å². The van der Waals surface area contributed by atoms with Crippen molar-refractivity contribution in [2.24, 2.45) is 0 Å². The van der Waals surface area contributed by atoms with Gasteiger partial charge in [0.25, 0.3) is 5.91 Å². The maximum atomic E-state index is 13.2. The van der Waals surface area contributed by atoms with Crippen molar-refractivity contribution in [2.75, 3.05) is 13.1 Å². The number of nitrogens with zero attached hydrogens (tertiary/aromatic N) is 4. The minimum atomic E-state index is -0.00729. The molecule has 4 aromatic rings. The first-order chi connectivity index (χ1) is 13.7. The molecule has 3 aromatic heterocycles. The fourth-order valence-electron chi connectivity index (χ4n) is 3.33. The first kappa shape index (κ1) is 18.0. The Bertz CT molecular complexity index is 1080. The van der Waals surface area contributed by atoms with Gasteiger partial charge in [-0.3, -0.25) is 4.79 Å². The molecule has 0 saturated heterocycles. The predicted octanol–water partition coefficient (Wildman–Crippen LogP) is 4.22. The number of fused-ring (bicyclic) bond motifs is 1. The Morgan fingerprint density at radius 2 is 1.89 bits per heavy atom. The minimum Gasteiger partial charge on any atom is -0.467 e. The molecule has 6 nitrogen and oxygen atoms in total. The zero-order chi connectivity index (χ0) is 19.5. The van der Waals surface area contributed by atoms with Gasteiger partial charge in [-0.15, -0.1) is 0 Å². The molecule has 0 radical (unpaired) electrons. The monoisotopic (exact) mass is 374 g/mol. The first-order valence-corrected chi connectivity index (χ1v) is 9.45. The molecule has 0 spiro atoms. The maximum absolute atomic E-state index is 13.2. The van der Waals surface area contributed by atoms with Gasteiger partial charge < -0.3 is 9.32 Å². The van der Waals surface area contributed by atoms with Crippen LogP contribution >= 0.6 is 0 Å². The molecule has 0 atom stereocenters. The Morgan fingerprint density at radius 3 is 2.57 bits per heavy atom. The smallest absolute Gasteiger partial charge is 0.254 e. The number of carbonyl (C=O) groups excluding carboxylic acids is 1. The number of aromatic nitrogens is 3. The lowest BCUT2D eigenvalue weighted by Crippen LogP contribution is -2.30. The van der Waals surface area contributed by atoms with E-state index in [2.05, 4.69) is 5.10 Å². The van der Waals surface area contributed by atoms with Gasteiger partial charge in [-0.2, -0.15) is 5.10 Å². The molecule has 0 aliphatic heterocycles. The third kappa shape index (κ3) is 3.29. The fourth-order valence-corrected chi connectivity index (χ4v) is 3.33. The molecule has 3 heterocycles. The van der Waals surface area contributed by atoms with E-state index in [1.807, 2.05) is 67.3 Å². The van der Waals surface area contributed by atoms with E-state index < -0.39 is 0 Å². The molecular formula is C22H22N4O2. The molecule has 6 heteroatoms. The SMILES string of the molecule is CCN(CC)C(=O)c1cc(-c2ccccc2)nc2c1cnn2Cc1ccco1. The highest BCUT2D eigenvalue weighted by Gasteiger charge is 2.21. The number of hydrogen-bond donors (Lipinski definition) is 0. The van der Waals surface area contributed by atoms with Crippen molar-refractivity contribution < 1.29 is 9.21 Å². The van der Waals surface area contributed by atoms with Crippen molar-refractivity contribution in [1.82, 2.24) is 19.7 Å². The topological polar surface area (TPSA) is 64.2 Å². The molecule has 142 valence electrons. The van der Waals surface area contributed by atoms with Crippen LogP contribution in [0.3, 0.4) is 0 Å². The summed E-state index contributed by atoms with van der Waals surface area (Å²) < 4.78 is 7.23. The highest BCUT2D eigenvalue weighted by molar-refractivity contribution is 6.06. The summed E-state index contributed by atoms with van der Waals surface area (Å²) in [7, 11) is 0. The Hall–Kier alpha value is -3.41. The van der Waals surface area contributed by atoms with E-state index in [1.165, 1.54) is 0 Å². The summed E-state index contributed by atoms with van der Waals surface area (Å²) in [5, 5.41) is 5.24. The molecular weight excluding hydrogens is 352 g/mol. The van der Waals surface area contributed by atoms with Crippen molar-refractivity contribution in [3.8, 4) is 11.3 Å². The largest absolute Gasteiger partial charge is 0.467 e. The highest BCUT2D eigenvalue weighted by Crippen LogP contribution is 2.26. The van der Waals surface area contributed by atoms with Gasteiger partial charge in [-0.25, -0.2) is 9.67 Å². The van der Waals surface area contributed by atoms with E-state index in [1.54, 1.807) is 17.1 Å². The molecule has 4 rings (SSSR count). The molecule has 0 bridgehead atoms. The number of amides is 1. The fraction of sp³-hybridized carbons (Fsp3) is 0.227. The lowest BCUT2D eigenvalue weighted by Gasteiger charge is -2.19. The molecule has 28 heavy (non-hydrogen) atoms. The van der Waals surface area contributed by atoms with Crippen LogP contribution in [0.2, 0.25) is 0 Å². The number of furan rings is 1. The van der Waals surface area contributed by atoms with Gasteiger partial charge >= 0.3 is 0 Å². The van der Waals surface area contributed by atoms with Gasteiger partial charge in [-0.1, -0.05) is 30.3 Å². The van der Waals surface area contributed by atoms with Crippen molar-refractivity contribution in [3.63, 3.8) is 0 Å². The second kappa shape index (κ2) is 7.68. The number of hydrogen-bond acceptors (Lipinski definition) is 4. The Balaban J connectivity index is 1.89. The Labute approximate surface area is 163 Å². The Kier molecular flexibility index (Phi) is 4.93. The second-order valence-electron chi connectivity index (χ2n) is 6.52. The van der Waals surface area contributed by atoms with Gasteiger partial charge in [-0.05, 0) is 32.0 Å². The molecule has 0 aliphatic rings. The number of carbonyl (C=O) groups is 1. The summed E-state index contributed by atoms with van der Waals surface area (Å²) in [6.07, 6.45) is 3.36. The van der Waals surface area contributed by atoms with Crippen LogP contribution in [0.4, 0.5) is 0 Å². The normalized spacial score (nSPS) is 11.1. The molecule has 0 unspecified atom stereocenters. The van der Waals surface area contributed by atoms with Gasteiger partial charge in [0.05, 0.1) is 29.1 Å². The van der Waals surface area contributed by atoms with Crippen LogP contribution in [0.1, 0.15) is 30.0 Å². The van der Waals surface area contributed by atoms with Gasteiger partial charge in [0.1, 0.15) is 12.3 Å². The summed E-state index contributed by atoms with van der Waals surface area (Å²) in [6.45, 7) is 5.73. The summed E-state index contributed by atoms with van der Waals surface area (Å²) in [5.41, 5.74) is 3.01. The third-order valence-electron chi connectivity index (χ3n) is 4.85. The minimum absolute atomic E-state index is 0.00729. The van der Waals surface area contributed by atoms with Crippen LogP contribution < -0.4 is 0 Å². The summed E-state index contributed by atoms with van der Waals surface area (Å²) in [4.78, 5) is 19.8. The second-order valence-corrected chi connectivity index (χ2v) is 6.52. The summed E-state index contributed by atoms with van der Waals surface area (Å²) >= 11 is 0. The van der Waals surface area contributed by atoms with Crippen LogP contribution in [0, 0.1) is 0 Å². The number of rotatable bonds is 6. The molecule has 0 fully saturated rings. The maximum Gasteiger partial charge on any atom is 0.254 e. The van der Waals surface area contributed by atoms with Gasteiger partial charge in [0.2, 0.25) is 0 Å². The average molecular weight is 374 g/mol. The van der Waals surface area contributed by atoms with Crippen LogP contribution in [-0.4, -0.2) is 38.7 Å². The quantitative estimate of drug-likeness (QED) is 0.507. The Morgan fingerprint density at radius 1 is 1.11 bits per heavy atom. The first-order valence-electron chi connectivity index (χ1n) is 9.45. The van der Waals surface area contributed by atoms with Crippen molar-refractivity contribution in [2.45, 2.75) is 20.4 Å². The molecule has 1 aromatic carbocycles. The standard InChI is InChI=1S/C22H22N4O2/c1-3-25(4-2)22(27)18-13-20(16-9-6-5-7-10-16)24-21-19(18)14-23-26(21)15-17-11-8-12-28-17/h5-14H,3-4,15H2,1-2H3. The van der Waals surface area contributed by atoms with Gasteiger partial charge in [0.15, 0.2) is 5.65 Å². The molecule has 0 aliphatic carbocycles. The van der Waals surface area contributed by atoms with Crippen LogP contribution in [0.5, 0.6) is 0 Å². The van der Waals surface area contributed by atoms with Gasteiger partial charge in [0, 0.05) is 18.7 Å². The average Bonchev–Trinajstić information content (AvgIpc) is 3.39. The summed E-state index contributed by atoms with van der Waals surface area (Å²) in [6, 6.07) is 15.5. The lowest BCUT2D eigenvalue weighted by molar-refractivity contribution is 0.0775. The zero-order valence-corrected chi connectivity index (χ0v) is 16.0. The lowest BCUT2D eigenvalue weighted by atomic mass is 10.1. The van der Waals surface area contributed by atoms with Crippen LogP contribution in [0.15, 0.2) is 65.4 Å². The molecule has 0 saturated carbocycles. The van der Waals surface area contributed by atoms with E-state index >= 15 is 0 Å². The van der Waals surface area contributed by atoms with E-state index in [0.717, 1.165) is 22.4 Å². The van der Waals surface area contributed by atoms with E-state index in [0.29, 0.717) is 30.8 Å². The summed E-state index contributed by atoms with van der Waals surface area (Å²) in [5.74, 6) is 0.778. The highest BCUT2D eigenvalue weighted by atomic mass is 16.3. The number of benzene rings is 1.